The van der Waals surface area contributed by atoms with Crippen molar-refractivity contribution in [3.8, 4) is 0 Å². The first-order chi connectivity index (χ1) is 7.93. The second-order valence-electron chi connectivity index (χ2n) is 3.45. The Morgan fingerprint density at radius 3 is 2.24 bits per heavy atom. The van der Waals surface area contributed by atoms with Crippen LogP contribution in [0.1, 0.15) is 25.3 Å². The second-order valence-corrected chi connectivity index (χ2v) is 3.45. The van der Waals surface area contributed by atoms with Gasteiger partial charge in [-0.1, -0.05) is 37.3 Å². The first kappa shape index (κ1) is 15.0. The third-order valence-electron chi connectivity index (χ3n) is 1.91. The molecule has 0 aliphatic carbocycles. The first-order valence-electron chi connectivity index (χ1n) is 5.10. The molecule has 94 valence electrons. The average molecular weight is 239 g/mol. The van der Waals surface area contributed by atoms with Crippen LogP contribution in [0.3, 0.4) is 0 Å². The zero-order valence-corrected chi connectivity index (χ0v) is 9.92. The lowest BCUT2D eigenvalue weighted by Crippen LogP contribution is -2.07. The van der Waals surface area contributed by atoms with Crippen LogP contribution in [0, 0.1) is 0 Å². The lowest BCUT2D eigenvalue weighted by atomic mass is 10.0. The van der Waals surface area contributed by atoms with E-state index in [0.717, 1.165) is 0 Å². The maximum atomic E-state index is 10.6. The highest BCUT2D eigenvalue weighted by molar-refractivity contribution is 5.65. The number of carbonyl (C=O) groups excluding carboxylic acids is 1. The summed E-state index contributed by atoms with van der Waals surface area (Å²) in [5.74, 6) is 0.0490. The van der Waals surface area contributed by atoms with Gasteiger partial charge in [-0.25, -0.2) is 4.79 Å². The van der Waals surface area contributed by atoms with Crippen LogP contribution in [-0.4, -0.2) is 23.8 Å². The molecule has 0 unspecified atom stereocenters. The zero-order chi connectivity index (χ0) is 13.3. The number of hydrogen-bond donors (Lipinski definition) is 2. The van der Waals surface area contributed by atoms with Gasteiger partial charge in [-0.2, -0.15) is 0 Å². The number of nitrogens with two attached hydrogens (primary N) is 1. The molecule has 0 aliphatic rings. The van der Waals surface area contributed by atoms with Crippen LogP contribution in [0.25, 0.3) is 0 Å². The molecule has 1 aromatic rings. The summed E-state index contributed by atoms with van der Waals surface area (Å²) in [6, 6.07) is 10.0. The van der Waals surface area contributed by atoms with Crippen molar-refractivity contribution in [2.45, 2.75) is 19.8 Å². The summed E-state index contributed by atoms with van der Waals surface area (Å²) >= 11 is 0. The Balaban J connectivity index is 0.000000557. The van der Waals surface area contributed by atoms with Gasteiger partial charge < -0.3 is 15.6 Å². The lowest BCUT2D eigenvalue weighted by molar-refractivity contribution is -0.141. The van der Waals surface area contributed by atoms with Crippen LogP contribution < -0.4 is 5.73 Å². The van der Waals surface area contributed by atoms with Gasteiger partial charge in [0.15, 0.2) is 0 Å². The predicted octanol–water partition coefficient (Wildman–Crippen LogP) is 1.98. The standard InChI is InChI=1S/C11H14O2.CH3NO2/c1-9(8-13-10(2)12)11-6-4-3-5-7-11;2-1(3)4/h3-7,9H,8H2,1-2H3;2H2,(H,3,4)/t9-;/m1./s1. The fourth-order valence-corrected chi connectivity index (χ4v) is 1.12. The van der Waals surface area contributed by atoms with E-state index in [0.29, 0.717) is 6.61 Å². The van der Waals surface area contributed by atoms with Crippen molar-refractivity contribution in [3.05, 3.63) is 35.9 Å². The molecule has 1 atom stereocenters. The van der Waals surface area contributed by atoms with Gasteiger partial charge in [-0.3, -0.25) is 4.79 Å². The van der Waals surface area contributed by atoms with E-state index >= 15 is 0 Å². The molecule has 5 nitrogen and oxygen atoms in total. The van der Waals surface area contributed by atoms with Crippen molar-refractivity contribution in [2.75, 3.05) is 6.61 Å². The highest BCUT2D eigenvalue weighted by Crippen LogP contribution is 2.14. The lowest BCUT2D eigenvalue weighted by Gasteiger charge is -2.10. The molecule has 1 amide bonds. The van der Waals surface area contributed by atoms with Crippen molar-refractivity contribution in [2.24, 2.45) is 5.73 Å². The fraction of sp³-hybridized carbons (Fsp3) is 0.333. The van der Waals surface area contributed by atoms with E-state index in [9.17, 15) is 4.79 Å². The molecule has 1 rings (SSSR count). The van der Waals surface area contributed by atoms with Gasteiger partial charge in [-0.05, 0) is 5.56 Å². The van der Waals surface area contributed by atoms with Gasteiger partial charge in [0.2, 0.25) is 0 Å². The number of benzene rings is 1. The Bertz CT molecular complexity index is 347. The summed E-state index contributed by atoms with van der Waals surface area (Å²) in [6.07, 6.45) is -1.33. The van der Waals surface area contributed by atoms with Crippen LogP contribution in [0.15, 0.2) is 30.3 Å². The third kappa shape index (κ3) is 8.92. The van der Waals surface area contributed by atoms with Gasteiger partial charge in [0.05, 0.1) is 6.61 Å². The molecule has 17 heavy (non-hydrogen) atoms. The number of carboxylic acid groups (broad SMARTS) is 1. The Morgan fingerprint density at radius 2 is 1.82 bits per heavy atom. The van der Waals surface area contributed by atoms with Crippen molar-refractivity contribution in [1.82, 2.24) is 0 Å². The Labute approximate surface area is 100 Å². The summed E-state index contributed by atoms with van der Waals surface area (Å²) in [5.41, 5.74) is 5.23. The molecule has 0 spiro atoms. The van der Waals surface area contributed by atoms with Gasteiger partial charge in [-0.15, -0.1) is 0 Å². The molecule has 3 N–H and O–H groups in total. The predicted molar refractivity (Wildman–Crippen MR) is 63.7 cm³/mol. The first-order valence-corrected chi connectivity index (χ1v) is 5.10. The van der Waals surface area contributed by atoms with Gasteiger partial charge >= 0.3 is 12.1 Å². The molecule has 1 aromatic carbocycles. The monoisotopic (exact) mass is 239 g/mol. The van der Waals surface area contributed by atoms with Crippen LogP contribution in [0.4, 0.5) is 4.79 Å². The molecule has 0 heterocycles. The van der Waals surface area contributed by atoms with E-state index < -0.39 is 6.09 Å². The summed E-state index contributed by atoms with van der Waals surface area (Å²) in [7, 11) is 0. The molecule has 0 aliphatic heterocycles. The van der Waals surface area contributed by atoms with Crippen molar-refractivity contribution >= 4 is 12.1 Å². The minimum absolute atomic E-state index is 0.220. The molecule has 0 radical (unpaired) electrons. The van der Waals surface area contributed by atoms with E-state index in [-0.39, 0.29) is 11.9 Å². The number of amides is 1. The minimum atomic E-state index is -1.33. The molecular weight excluding hydrogens is 222 g/mol. The maximum Gasteiger partial charge on any atom is 0.402 e. The van der Waals surface area contributed by atoms with E-state index in [4.69, 9.17) is 14.6 Å². The molecule has 0 bridgehead atoms. The Hall–Kier alpha value is -2.04. The fourth-order valence-electron chi connectivity index (χ4n) is 1.12. The highest BCUT2D eigenvalue weighted by atomic mass is 16.5. The average Bonchev–Trinajstić information content (AvgIpc) is 2.26. The molecule has 5 heteroatoms. The molecule has 0 saturated carbocycles. The van der Waals surface area contributed by atoms with Gasteiger partial charge in [0.25, 0.3) is 0 Å². The smallest absolute Gasteiger partial charge is 0.402 e. The summed E-state index contributed by atoms with van der Waals surface area (Å²) in [4.78, 5) is 19.3. The summed E-state index contributed by atoms with van der Waals surface area (Å²) in [5, 5.41) is 7.19. The topological polar surface area (TPSA) is 89.6 Å². The van der Waals surface area contributed by atoms with Crippen molar-refractivity contribution in [3.63, 3.8) is 0 Å². The van der Waals surface area contributed by atoms with Crippen molar-refractivity contribution in [1.29, 1.82) is 0 Å². The SMILES string of the molecule is CC(=O)OC[C@@H](C)c1ccccc1.NC(=O)O. The van der Waals surface area contributed by atoms with Crippen LogP contribution in [0.2, 0.25) is 0 Å². The summed E-state index contributed by atoms with van der Waals surface area (Å²) < 4.78 is 4.92. The second kappa shape index (κ2) is 8.15. The van der Waals surface area contributed by atoms with E-state index in [1.54, 1.807) is 0 Å². The zero-order valence-electron chi connectivity index (χ0n) is 9.92. The largest absolute Gasteiger partial charge is 0.465 e. The molecule has 0 fully saturated rings. The number of hydrogen-bond acceptors (Lipinski definition) is 3. The summed E-state index contributed by atoms with van der Waals surface area (Å²) in [6.45, 7) is 3.93. The van der Waals surface area contributed by atoms with E-state index in [1.807, 2.05) is 37.3 Å². The highest BCUT2D eigenvalue weighted by Gasteiger charge is 2.05. The van der Waals surface area contributed by atoms with Crippen molar-refractivity contribution < 1.29 is 19.4 Å². The number of carbonyl (C=O) groups is 2. The normalized spacial score (nSPS) is 10.7. The third-order valence-corrected chi connectivity index (χ3v) is 1.91. The van der Waals surface area contributed by atoms with Crippen LogP contribution >= 0.6 is 0 Å². The quantitative estimate of drug-likeness (QED) is 0.789. The molecule has 0 saturated heterocycles. The maximum absolute atomic E-state index is 10.6. The van der Waals surface area contributed by atoms with Gasteiger partial charge in [0, 0.05) is 12.8 Å². The van der Waals surface area contributed by atoms with E-state index in [1.165, 1.54) is 12.5 Å². The number of rotatable bonds is 3. The molecule has 0 aromatic heterocycles. The Kier molecular flexibility index (Phi) is 7.17. The Morgan fingerprint density at radius 1 is 1.35 bits per heavy atom. The number of ether oxygens (including phenoxy) is 1. The van der Waals surface area contributed by atoms with Gasteiger partial charge in [0.1, 0.15) is 0 Å². The van der Waals surface area contributed by atoms with E-state index in [2.05, 4.69) is 5.73 Å². The molecular formula is C12H17NO4. The number of primary amides is 1. The number of esters is 1. The minimum Gasteiger partial charge on any atom is -0.465 e. The van der Waals surface area contributed by atoms with Crippen LogP contribution in [0.5, 0.6) is 0 Å². The van der Waals surface area contributed by atoms with Crippen LogP contribution in [-0.2, 0) is 9.53 Å².